The lowest BCUT2D eigenvalue weighted by atomic mass is 9.93. The third kappa shape index (κ3) is 4.11. The molecule has 3 aromatic rings. The summed E-state index contributed by atoms with van der Waals surface area (Å²) in [5.74, 6) is 0.465. The number of H-pyrrole nitrogens is 1. The summed E-state index contributed by atoms with van der Waals surface area (Å²) in [5, 5.41) is 4.02. The summed E-state index contributed by atoms with van der Waals surface area (Å²) in [7, 11) is 0. The van der Waals surface area contributed by atoms with E-state index in [9.17, 15) is 9.18 Å². The fraction of sp³-hybridized carbons (Fsp3) is 0.286. The molecule has 2 aromatic heterocycles. The Bertz CT molecular complexity index is 1030. The van der Waals surface area contributed by atoms with E-state index in [1.165, 1.54) is 17.7 Å². The van der Waals surface area contributed by atoms with Gasteiger partial charge in [-0.15, -0.1) is 0 Å². The second-order valence-electron chi connectivity index (χ2n) is 6.82. The summed E-state index contributed by atoms with van der Waals surface area (Å²) in [6.07, 6.45) is 7.31. The maximum atomic E-state index is 13.1. The van der Waals surface area contributed by atoms with Crippen LogP contribution in [0.2, 0.25) is 0 Å². The van der Waals surface area contributed by atoms with Crippen molar-refractivity contribution in [3.63, 3.8) is 0 Å². The van der Waals surface area contributed by atoms with E-state index in [0.29, 0.717) is 29.3 Å². The van der Waals surface area contributed by atoms with Gasteiger partial charge in [-0.25, -0.2) is 14.4 Å². The van der Waals surface area contributed by atoms with Crippen LogP contribution in [0.3, 0.4) is 0 Å². The highest BCUT2D eigenvalue weighted by Gasteiger charge is 2.16. The van der Waals surface area contributed by atoms with Gasteiger partial charge in [-0.05, 0) is 54.7 Å². The zero-order valence-electron chi connectivity index (χ0n) is 14.9. The predicted octanol–water partition coefficient (Wildman–Crippen LogP) is 3.23. The Morgan fingerprint density at radius 2 is 2.04 bits per heavy atom. The predicted molar refractivity (Wildman–Crippen MR) is 104 cm³/mol. The molecule has 2 N–H and O–H groups in total. The van der Waals surface area contributed by atoms with Crippen LogP contribution >= 0.6 is 0 Å². The minimum atomic E-state index is -0.212. The monoisotopic (exact) mass is 364 g/mol. The largest absolute Gasteiger partial charge is 0.310 e. The van der Waals surface area contributed by atoms with Crippen molar-refractivity contribution in [2.45, 2.75) is 31.7 Å². The van der Waals surface area contributed by atoms with Crippen LogP contribution < -0.4 is 10.9 Å². The Balaban J connectivity index is 1.36. The number of aromatic nitrogens is 3. The Morgan fingerprint density at radius 3 is 2.89 bits per heavy atom. The van der Waals surface area contributed by atoms with E-state index < -0.39 is 0 Å². The van der Waals surface area contributed by atoms with E-state index in [2.05, 4.69) is 26.3 Å². The van der Waals surface area contributed by atoms with Crippen LogP contribution in [-0.2, 0) is 6.42 Å². The molecule has 5 nitrogen and oxygen atoms in total. The van der Waals surface area contributed by atoms with Crippen molar-refractivity contribution in [3.8, 4) is 0 Å². The number of aryl methyl sites for hydroxylation is 1. The third-order valence-corrected chi connectivity index (χ3v) is 4.93. The number of rotatable bonds is 5. The number of halogens is 1. The van der Waals surface area contributed by atoms with Crippen molar-refractivity contribution in [1.82, 2.24) is 20.3 Å². The quantitative estimate of drug-likeness (QED) is 0.729. The molecule has 3 heterocycles. The summed E-state index contributed by atoms with van der Waals surface area (Å²) in [6.45, 7) is 0.812. The second-order valence-corrected chi connectivity index (χ2v) is 6.82. The fourth-order valence-corrected chi connectivity index (χ4v) is 3.53. The first kappa shape index (κ1) is 17.5. The molecule has 0 radical (unpaired) electrons. The zero-order valence-corrected chi connectivity index (χ0v) is 14.9. The molecule has 0 bridgehead atoms. The lowest BCUT2D eigenvalue weighted by molar-refractivity contribution is 0.483. The second kappa shape index (κ2) is 7.80. The van der Waals surface area contributed by atoms with Crippen molar-refractivity contribution in [1.29, 1.82) is 0 Å². The molecule has 0 aliphatic carbocycles. The molecular formula is C21H21FN4O. The molecule has 1 aromatic carbocycles. The van der Waals surface area contributed by atoms with Crippen LogP contribution in [-0.4, -0.2) is 27.5 Å². The molecule has 1 unspecified atom stereocenters. The average molecular weight is 364 g/mol. The normalized spacial score (nSPS) is 17.1. The van der Waals surface area contributed by atoms with Gasteiger partial charge in [0.25, 0.3) is 5.56 Å². The van der Waals surface area contributed by atoms with Crippen LogP contribution in [0.1, 0.15) is 30.7 Å². The average Bonchev–Trinajstić information content (AvgIpc) is 2.69. The molecule has 0 spiro atoms. The summed E-state index contributed by atoms with van der Waals surface area (Å²) in [4.78, 5) is 23.6. The highest BCUT2D eigenvalue weighted by molar-refractivity contribution is 5.72. The summed E-state index contributed by atoms with van der Waals surface area (Å²) in [5.41, 5.74) is 2.68. The molecule has 0 saturated heterocycles. The molecule has 4 rings (SSSR count). The standard InChI is InChI=1S/C21H21FN4O/c22-16-8-6-14(7-9-16)15-10-12-23-17(13-15)3-1-5-19-25-20-18(21(27)26-19)4-2-11-24-20/h2,4,6-11,17,23H,1,3,5,12-13H2,(H,24,25,26,27). The van der Waals surface area contributed by atoms with E-state index in [0.717, 1.165) is 31.4 Å². The van der Waals surface area contributed by atoms with Gasteiger partial charge in [0, 0.05) is 25.2 Å². The number of hydrogen-bond donors (Lipinski definition) is 2. The van der Waals surface area contributed by atoms with Crippen molar-refractivity contribution in [2.24, 2.45) is 0 Å². The fourth-order valence-electron chi connectivity index (χ4n) is 3.53. The smallest absolute Gasteiger partial charge is 0.260 e. The number of aromatic amines is 1. The highest BCUT2D eigenvalue weighted by atomic mass is 19.1. The van der Waals surface area contributed by atoms with Crippen molar-refractivity contribution < 1.29 is 4.39 Å². The van der Waals surface area contributed by atoms with Gasteiger partial charge in [0.2, 0.25) is 0 Å². The molecule has 27 heavy (non-hydrogen) atoms. The van der Waals surface area contributed by atoms with E-state index in [1.54, 1.807) is 18.3 Å². The summed E-state index contributed by atoms with van der Waals surface area (Å²) in [6, 6.07) is 10.5. The summed E-state index contributed by atoms with van der Waals surface area (Å²) >= 11 is 0. The van der Waals surface area contributed by atoms with Crippen LogP contribution in [0.15, 0.2) is 53.5 Å². The number of nitrogens with zero attached hydrogens (tertiary/aromatic N) is 2. The molecule has 0 amide bonds. The van der Waals surface area contributed by atoms with Crippen molar-refractivity contribution >= 4 is 16.6 Å². The Labute approximate surface area is 156 Å². The summed E-state index contributed by atoms with van der Waals surface area (Å²) < 4.78 is 13.1. The van der Waals surface area contributed by atoms with Crippen LogP contribution in [0.5, 0.6) is 0 Å². The number of nitrogens with one attached hydrogen (secondary N) is 2. The molecule has 1 atom stereocenters. The third-order valence-electron chi connectivity index (χ3n) is 4.93. The number of hydrogen-bond acceptors (Lipinski definition) is 4. The topological polar surface area (TPSA) is 70.7 Å². The SMILES string of the molecule is O=c1[nH]c(CCCC2CC(c3ccc(F)cc3)=CCN2)nc2ncccc12. The molecule has 1 aliphatic rings. The maximum absolute atomic E-state index is 13.1. The molecule has 0 fully saturated rings. The minimum absolute atomic E-state index is 0.138. The Kier molecular flexibility index (Phi) is 5.07. The first-order chi connectivity index (χ1) is 13.2. The maximum Gasteiger partial charge on any atom is 0.260 e. The zero-order chi connectivity index (χ0) is 18.6. The molecule has 6 heteroatoms. The molecule has 1 aliphatic heterocycles. The lowest BCUT2D eigenvalue weighted by Gasteiger charge is -2.24. The van der Waals surface area contributed by atoms with Crippen LogP contribution in [0, 0.1) is 5.82 Å². The van der Waals surface area contributed by atoms with E-state index in [-0.39, 0.29) is 11.4 Å². The highest BCUT2D eigenvalue weighted by Crippen LogP contribution is 2.24. The van der Waals surface area contributed by atoms with Gasteiger partial charge in [0.1, 0.15) is 11.6 Å². The molecule has 138 valence electrons. The minimum Gasteiger partial charge on any atom is -0.310 e. The van der Waals surface area contributed by atoms with Crippen molar-refractivity contribution in [2.75, 3.05) is 6.54 Å². The van der Waals surface area contributed by atoms with E-state index in [1.807, 2.05) is 12.1 Å². The van der Waals surface area contributed by atoms with E-state index >= 15 is 0 Å². The van der Waals surface area contributed by atoms with Gasteiger partial charge in [0.05, 0.1) is 5.39 Å². The number of pyridine rings is 1. The van der Waals surface area contributed by atoms with E-state index in [4.69, 9.17) is 0 Å². The van der Waals surface area contributed by atoms with Gasteiger partial charge in [0.15, 0.2) is 5.65 Å². The number of benzene rings is 1. The van der Waals surface area contributed by atoms with Gasteiger partial charge in [-0.1, -0.05) is 18.2 Å². The van der Waals surface area contributed by atoms with Crippen molar-refractivity contribution in [3.05, 3.63) is 76.2 Å². The van der Waals surface area contributed by atoms with Crippen LogP contribution in [0.25, 0.3) is 16.6 Å². The van der Waals surface area contributed by atoms with Gasteiger partial charge in [-0.2, -0.15) is 0 Å². The van der Waals surface area contributed by atoms with Gasteiger partial charge >= 0.3 is 0 Å². The number of fused-ring (bicyclic) bond motifs is 1. The Morgan fingerprint density at radius 1 is 1.19 bits per heavy atom. The van der Waals surface area contributed by atoms with Crippen LogP contribution in [0.4, 0.5) is 4.39 Å². The lowest BCUT2D eigenvalue weighted by Crippen LogP contribution is -2.33. The first-order valence-electron chi connectivity index (χ1n) is 9.21. The molecular weight excluding hydrogens is 343 g/mol. The first-order valence-corrected chi connectivity index (χ1v) is 9.21. The van der Waals surface area contributed by atoms with Gasteiger partial charge < -0.3 is 10.3 Å². The Hall–Kier alpha value is -2.86. The molecule has 0 saturated carbocycles. The van der Waals surface area contributed by atoms with Gasteiger partial charge in [-0.3, -0.25) is 4.79 Å².